The van der Waals surface area contributed by atoms with Crippen LogP contribution < -0.4 is 11.1 Å². The van der Waals surface area contributed by atoms with E-state index in [0.717, 1.165) is 31.2 Å². The largest absolute Gasteiger partial charge is 0.350 e. The van der Waals surface area contributed by atoms with Crippen LogP contribution in [0.25, 0.3) is 11.3 Å². The van der Waals surface area contributed by atoms with E-state index < -0.39 is 0 Å². The van der Waals surface area contributed by atoms with Gasteiger partial charge in [-0.1, -0.05) is 48.3 Å². The molecule has 110 valence electrons. The minimum Gasteiger partial charge on any atom is -0.350 e. The minimum atomic E-state index is -0.281. The Morgan fingerprint density at radius 2 is 2.00 bits per heavy atom. The fourth-order valence-electron chi connectivity index (χ4n) is 2.86. The van der Waals surface area contributed by atoms with Gasteiger partial charge in [-0.05, 0) is 12.8 Å². The molecule has 1 aliphatic carbocycles. The number of hydrogen-bond acceptors (Lipinski definition) is 4. The van der Waals surface area contributed by atoms with Crippen LogP contribution in [0, 0.1) is 0 Å². The smallest absolute Gasteiger partial charge is 0.290 e. The molecule has 5 nitrogen and oxygen atoms in total. The predicted octanol–water partition coefficient (Wildman–Crippen LogP) is 2.34. The van der Waals surface area contributed by atoms with Crippen molar-refractivity contribution in [3.63, 3.8) is 0 Å². The molecular weight excluding hydrogens is 266 g/mol. The summed E-state index contributed by atoms with van der Waals surface area (Å²) < 4.78 is 5.18. The van der Waals surface area contributed by atoms with Crippen LogP contribution in [-0.4, -0.2) is 23.1 Å². The van der Waals surface area contributed by atoms with Gasteiger partial charge in [-0.2, -0.15) is 0 Å². The van der Waals surface area contributed by atoms with E-state index in [-0.39, 0.29) is 17.2 Å². The number of aromatic nitrogens is 1. The van der Waals surface area contributed by atoms with Crippen LogP contribution in [0.2, 0.25) is 0 Å². The number of nitrogens with one attached hydrogen (secondary N) is 1. The molecule has 3 N–H and O–H groups in total. The van der Waals surface area contributed by atoms with E-state index in [2.05, 4.69) is 10.5 Å². The van der Waals surface area contributed by atoms with E-state index in [1.54, 1.807) is 6.07 Å². The zero-order chi connectivity index (χ0) is 14.7. The molecule has 0 saturated heterocycles. The Labute approximate surface area is 123 Å². The summed E-state index contributed by atoms with van der Waals surface area (Å²) in [6, 6.07) is 11.3. The molecule has 0 spiro atoms. The van der Waals surface area contributed by atoms with E-state index in [9.17, 15) is 4.79 Å². The van der Waals surface area contributed by atoms with Crippen LogP contribution in [0.1, 0.15) is 36.2 Å². The van der Waals surface area contributed by atoms with Crippen molar-refractivity contribution in [2.45, 2.75) is 31.2 Å². The van der Waals surface area contributed by atoms with E-state index in [0.29, 0.717) is 12.2 Å². The molecule has 1 saturated carbocycles. The van der Waals surface area contributed by atoms with Crippen molar-refractivity contribution in [3.8, 4) is 11.3 Å². The second kappa shape index (κ2) is 5.69. The van der Waals surface area contributed by atoms with Crippen molar-refractivity contribution in [2.75, 3.05) is 6.54 Å². The first-order chi connectivity index (χ1) is 10.2. The Balaban J connectivity index is 1.75. The highest BCUT2D eigenvalue weighted by molar-refractivity contribution is 5.93. The van der Waals surface area contributed by atoms with E-state index in [1.807, 2.05) is 30.3 Å². The molecule has 2 aromatic rings. The second-order valence-corrected chi connectivity index (χ2v) is 5.59. The number of carbonyl (C=O) groups is 1. The lowest BCUT2D eigenvalue weighted by Gasteiger charge is -2.27. The van der Waals surface area contributed by atoms with Crippen LogP contribution >= 0.6 is 0 Å². The summed E-state index contributed by atoms with van der Waals surface area (Å²) in [5.74, 6) is -0.00870. The van der Waals surface area contributed by atoms with Gasteiger partial charge in [-0.25, -0.2) is 0 Å². The van der Waals surface area contributed by atoms with Crippen molar-refractivity contribution in [2.24, 2.45) is 5.73 Å². The maximum atomic E-state index is 12.3. The maximum Gasteiger partial charge on any atom is 0.290 e. The Hall–Kier alpha value is -2.14. The third kappa shape index (κ3) is 2.83. The average molecular weight is 285 g/mol. The molecule has 0 unspecified atom stereocenters. The molecule has 1 aromatic heterocycles. The number of carbonyl (C=O) groups excluding carboxylic acids is 1. The molecule has 0 bridgehead atoms. The number of nitrogens with two attached hydrogens (primary N) is 1. The summed E-state index contributed by atoms with van der Waals surface area (Å²) in [5.41, 5.74) is 7.14. The third-order valence-electron chi connectivity index (χ3n) is 4.13. The number of rotatable bonds is 4. The highest BCUT2D eigenvalue weighted by atomic mass is 16.5. The Morgan fingerprint density at radius 3 is 2.67 bits per heavy atom. The Morgan fingerprint density at radius 1 is 1.29 bits per heavy atom. The van der Waals surface area contributed by atoms with Gasteiger partial charge in [0.1, 0.15) is 5.69 Å². The van der Waals surface area contributed by atoms with E-state index in [4.69, 9.17) is 10.3 Å². The van der Waals surface area contributed by atoms with Crippen molar-refractivity contribution < 1.29 is 9.32 Å². The third-order valence-corrected chi connectivity index (χ3v) is 4.13. The number of nitrogens with zero attached hydrogens (tertiary/aromatic N) is 1. The summed E-state index contributed by atoms with van der Waals surface area (Å²) in [6.07, 6.45) is 4.05. The Kier molecular flexibility index (Phi) is 3.75. The lowest BCUT2D eigenvalue weighted by molar-refractivity contribution is 0.0865. The van der Waals surface area contributed by atoms with Gasteiger partial charge >= 0.3 is 0 Å². The molecule has 5 heteroatoms. The monoisotopic (exact) mass is 285 g/mol. The average Bonchev–Trinajstić information content (AvgIpc) is 3.18. The van der Waals surface area contributed by atoms with Crippen molar-refractivity contribution in [3.05, 3.63) is 42.2 Å². The summed E-state index contributed by atoms with van der Waals surface area (Å²) in [7, 11) is 0. The van der Waals surface area contributed by atoms with Gasteiger partial charge < -0.3 is 15.6 Å². The number of hydrogen-bond donors (Lipinski definition) is 2. The number of amides is 1. The molecule has 1 amide bonds. The van der Waals surface area contributed by atoms with Crippen molar-refractivity contribution in [1.29, 1.82) is 0 Å². The molecule has 1 aromatic carbocycles. The predicted molar refractivity (Wildman–Crippen MR) is 79.7 cm³/mol. The molecule has 0 aliphatic heterocycles. The van der Waals surface area contributed by atoms with Gasteiger partial charge in [0.05, 0.1) is 5.54 Å². The first-order valence-electron chi connectivity index (χ1n) is 7.27. The number of benzene rings is 1. The van der Waals surface area contributed by atoms with Gasteiger partial charge in [-0.15, -0.1) is 0 Å². The quantitative estimate of drug-likeness (QED) is 0.903. The maximum absolute atomic E-state index is 12.3. The fraction of sp³-hybridized carbons (Fsp3) is 0.375. The summed E-state index contributed by atoms with van der Waals surface area (Å²) in [4.78, 5) is 12.3. The molecule has 1 heterocycles. The second-order valence-electron chi connectivity index (χ2n) is 5.59. The molecule has 1 aliphatic rings. The lowest BCUT2D eigenvalue weighted by Crippen LogP contribution is -2.51. The van der Waals surface area contributed by atoms with Crippen LogP contribution in [0.4, 0.5) is 0 Å². The Bertz CT molecular complexity index is 615. The van der Waals surface area contributed by atoms with Gasteiger partial charge in [-0.3, -0.25) is 4.79 Å². The molecule has 1 fully saturated rings. The van der Waals surface area contributed by atoms with Crippen LogP contribution in [-0.2, 0) is 0 Å². The van der Waals surface area contributed by atoms with Crippen molar-refractivity contribution in [1.82, 2.24) is 10.5 Å². The van der Waals surface area contributed by atoms with Crippen LogP contribution in [0.5, 0.6) is 0 Å². The first kappa shape index (κ1) is 13.8. The minimum absolute atomic E-state index is 0.230. The lowest BCUT2D eigenvalue weighted by atomic mass is 9.97. The molecule has 0 atom stereocenters. The van der Waals surface area contributed by atoms with E-state index >= 15 is 0 Å². The van der Waals surface area contributed by atoms with Gasteiger partial charge in [0.25, 0.3) is 5.91 Å². The topological polar surface area (TPSA) is 81.1 Å². The summed E-state index contributed by atoms with van der Waals surface area (Å²) in [5, 5.41) is 6.99. The molecule has 21 heavy (non-hydrogen) atoms. The summed E-state index contributed by atoms with van der Waals surface area (Å²) in [6.45, 7) is 0.457. The van der Waals surface area contributed by atoms with Gasteiger partial charge in [0.15, 0.2) is 0 Å². The van der Waals surface area contributed by atoms with Crippen LogP contribution in [0.3, 0.4) is 0 Å². The van der Waals surface area contributed by atoms with E-state index in [1.165, 1.54) is 0 Å². The van der Waals surface area contributed by atoms with Crippen LogP contribution in [0.15, 0.2) is 40.9 Å². The van der Waals surface area contributed by atoms with Crippen molar-refractivity contribution >= 4 is 5.91 Å². The molecule has 0 radical (unpaired) electrons. The zero-order valence-corrected chi connectivity index (χ0v) is 11.8. The zero-order valence-electron chi connectivity index (χ0n) is 11.8. The highest BCUT2D eigenvalue weighted by Gasteiger charge is 2.34. The van der Waals surface area contributed by atoms with Gasteiger partial charge in [0, 0.05) is 18.2 Å². The SMILES string of the molecule is NCC1(NC(=O)c2cc(-c3ccccc3)no2)CCCC1. The fourth-order valence-corrected chi connectivity index (χ4v) is 2.86. The standard InChI is InChI=1S/C16H19N3O2/c17-11-16(8-4-5-9-16)18-15(20)14-10-13(19-21-14)12-6-2-1-3-7-12/h1-3,6-7,10H,4-5,8-9,11,17H2,(H,18,20). The molecule has 3 rings (SSSR count). The molecular formula is C16H19N3O2. The summed E-state index contributed by atoms with van der Waals surface area (Å²) >= 11 is 0. The van der Waals surface area contributed by atoms with Gasteiger partial charge in [0.2, 0.25) is 5.76 Å². The first-order valence-corrected chi connectivity index (χ1v) is 7.27. The normalized spacial score (nSPS) is 16.8. The highest BCUT2D eigenvalue weighted by Crippen LogP contribution is 2.29.